The number of rotatable bonds is 2. The van der Waals surface area contributed by atoms with Gasteiger partial charge in [-0.15, -0.1) is 0 Å². The van der Waals surface area contributed by atoms with Gasteiger partial charge in [0.15, 0.2) is 0 Å². The second-order valence-electron chi connectivity index (χ2n) is 3.19. The number of nitrogens with two attached hydrogens (primary N) is 1. The van der Waals surface area contributed by atoms with Crippen LogP contribution in [0.1, 0.15) is 16.7 Å². The van der Waals surface area contributed by atoms with Gasteiger partial charge in [-0.25, -0.2) is 0 Å². The zero-order valence-corrected chi connectivity index (χ0v) is 8.80. The Morgan fingerprint density at radius 3 is 2.44 bits per heavy atom. The Bertz CT molecular complexity index is 413. The maximum absolute atomic E-state index is 12.7. The number of hydrazone groups is 1. The van der Waals surface area contributed by atoms with Crippen molar-refractivity contribution in [2.24, 2.45) is 10.9 Å². The molecule has 0 saturated heterocycles. The Kier molecular flexibility index (Phi) is 3.41. The Labute approximate surface area is 90.7 Å². The average Bonchev–Trinajstić information content (AvgIpc) is 2.16. The highest BCUT2D eigenvalue weighted by Gasteiger charge is 2.35. The lowest BCUT2D eigenvalue weighted by Gasteiger charge is -2.14. The number of halogens is 3. The fourth-order valence-electron chi connectivity index (χ4n) is 1.44. The van der Waals surface area contributed by atoms with Gasteiger partial charge < -0.3 is 10.6 Å². The van der Waals surface area contributed by atoms with Crippen molar-refractivity contribution < 1.29 is 17.9 Å². The van der Waals surface area contributed by atoms with Crippen LogP contribution in [0.2, 0.25) is 0 Å². The fraction of sp³-hybridized carbons (Fsp3) is 0.300. The highest BCUT2D eigenvalue weighted by atomic mass is 19.4. The van der Waals surface area contributed by atoms with E-state index in [0.717, 1.165) is 12.3 Å². The minimum atomic E-state index is -4.46. The molecular weight excluding hydrogens is 221 g/mol. The third kappa shape index (κ3) is 2.44. The maximum atomic E-state index is 12.7. The third-order valence-electron chi connectivity index (χ3n) is 2.03. The van der Waals surface area contributed by atoms with E-state index >= 15 is 0 Å². The average molecular weight is 232 g/mol. The first-order valence-corrected chi connectivity index (χ1v) is 4.39. The van der Waals surface area contributed by atoms with Crippen LogP contribution in [0, 0.1) is 6.92 Å². The van der Waals surface area contributed by atoms with E-state index < -0.39 is 11.7 Å². The molecule has 3 nitrogen and oxygen atoms in total. The Hall–Kier alpha value is -1.72. The summed E-state index contributed by atoms with van der Waals surface area (Å²) in [5.74, 6) is 4.72. The van der Waals surface area contributed by atoms with Crippen LogP contribution in [0.15, 0.2) is 17.2 Å². The van der Waals surface area contributed by atoms with Gasteiger partial charge in [-0.1, -0.05) is 0 Å². The number of aryl methyl sites for hydroxylation is 1. The molecule has 0 bridgehead atoms. The summed E-state index contributed by atoms with van der Waals surface area (Å²) in [7, 11) is 1.20. The highest BCUT2D eigenvalue weighted by molar-refractivity contribution is 5.80. The summed E-state index contributed by atoms with van der Waals surface area (Å²) in [4.78, 5) is 0. The van der Waals surface area contributed by atoms with Crippen LogP contribution in [0.4, 0.5) is 13.2 Å². The first-order valence-electron chi connectivity index (χ1n) is 4.39. The summed E-state index contributed by atoms with van der Waals surface area (Å²) in [5.41, 5.74) is -0.162. The van der Waals surface area contributed by atoms with Crippen molar-refractivity contribution in [3.05, 3.63) is 28.8 Å². The van der Waals surface area contributed by atoms with Gasteiger partial charge in [-0.05, 0) is 30.2 Å². The summed E-state index contributed by atoms with van der Waals surface area (Å²) < 4.78 is 42.8. The lowest BCUT2D eigenvalue weighted by molar-refractivity contribution is -0.138. The summed E-state index contributed by atoms with van der Waals surface area (Å²) in [6.07, 6.45) is -3.31. The van der Waals surface area contributed by atoms with Gasteiger partial charge in [0, 0.05) is 0 Å². The number of hydrogen-bond acceptors (Lipinski definition) is 3. The molecule has 0 radical (unpaired) electrons. The van der Waals surface area contributed by atoms with Crippen LogP contribution in [0.3, 0.4) is 0 Å². The monoisotopic (exact) mass is 232 g/mol. The lowest BCUT2D eigenvalue weighted by Crippen LogP contribution is -2.09. The van der Waals surface area contributed by atoms with Gasteiger partial charge in [0.2, 0.25) is 0 Å². The lowest BCUT2D eigenvalue weighted by atomic mass is 10.0. The molecule has 16 heavy (non-hydrogen) atoms. The molecule has 0 aliphatic carbocycles. The Balaban J connectivity index is 3.43. The van der Waals surface area contributed by atoms with E-state index in [0.29, 0.717) is 5.56 Å². The minimum Gasteiger partial charge on any atom is -0.496 e. The standard InChI is InChI=1S/C10H11F3N2O/c1-6-3-7(5-15-14)4-8(9(6)16-2)10(11,12)13/h3-5H,14H2,1-2H3. The van der Waals surface area contributed by atoms with Gasteiger partial charge >= 0.3 is 6.18 Å². The third-order valence-corrected chi connectivity index (χ3v) is 2.03. The van der Waals surface area contributed by atoms with Crippen molar-refractivity contribution in [1.82, 2.24) is 0 Å². The van der Waals surface area contributed by atoms with E-state index in [1.807, 2.05) is 0 Å². The topological polar surface area (TPSA) is 47.6 Å². The van der Waals surface area contributed by atoms with Gasteiger partial charge in [-0.3, -0.25) is 0 Å². The molecule has 88 valence electrons. The Morgan fingerprint density at radius 1 is 1.38 bits per heavy atom. The molecule has 1 aromatic rings. The molecule has 0 aliphatic heterocycles. The molecule has 0 aromatic heterocycles. The van der Waals surface area contributed by atoms with E-state index in [1.54, 1.807) is 0 Å². The van der Waals surface area contributed by atoms with Crippen molar-refractivity contribution in [2.75, 3.05) is 7.11 Å². The minimum absolute atomic E-state index is 0.179. The molecule has 6 heteroatoms. The first kappa shape index (κ1) is 12.4. The number of alkyl halides is 3. The van der Waals surface area contributed by atoms with Crippen LogP contribution in [0.5, 0.6) is 5.75 Å². The summed E-state index contributed by atoms with van der Waals surface area (Å²) in [6, 6.07) is 2.46. The summed E-state index contributed by atoms with van der Waals surface area (Å²) in [5, 5.41) is 3.19. The molecule has 0 spiro atoms. The van der Waals surface area contributed by atoms with E-state index in [1.165, 1.54) is 20.1 Å². The molecule has 0 fully saturated rings. The van der Waals surface area contributed by atoms with Gasteiger partial charge in [0.25, 0.3) is 0 Å². The molecule has 1 rings (SSSR count). The molecule has 0 aliphatic rings. The van der Waals surface area contributed by atoms with Gasteiger partial charge in [0.05, 0.1) is 18.9 Å². The predicted octanol–water partition coefficient (Wildman–Crippen LogP) is 2.32. The largest absolute Gasteiger partial charge is 0.496 e. The van der Waals surface area contributed by atoms with E-state index in [4.69, 9.17) is 10.6 Å². The summed E-state index contributed by atoms with van der Waals surface area (Å²) >= 11 is 0. The van der Waals surface area contributed by atoms with Crippen molar-refractivity contribution in [2.45, 2.75) is 13.1 Å². The molecule has 2 N–H and O–H groups in total. The maximum Gasteiger partial charge on any atom is 0.419 e. The van der Waals surface area contributed by atoms with Crippen LogP contribution in [0.25, 0.3) is 0 Å². The molecule has 0 heterocycles. The zero-order chi connectivity index (χ0) is 12.3. The number of methoxy groups -OCH3 is 1. The SMILES string of the molecule is COc1c(C)cc(C=NN)cc1C(F)(F)F. The Morgan fingerprint density at radius 2 is 2.00 bits per heavy atom. The smallest absolute Gasteiger partial charge is 0.419 e. The second kappa shape index (κ2) is 4.42. The zero-order valence-electron chi connectivity index (χ0n) is 8.80. The number of ether oxygens (including phenoxy) is 1. The van der Waals surface area contributed by atoms with E-state index in [-0.39, 0.29) is 11.3 Å². The molecule has 0 unspecified atom stereocenters. The quantitative estimate of drug-likeness (QED) is 0.483. The van der Waals surface area contributed by atoms with Crippen LogP contribution < -0.4 is 10.6 Å². The number of hydrogen-bond donors (Lipinski definition) is 1. The molecule has 0 saturated carbocycles. The fourth-order valence-corrected chi connectivity index (χ4v) is 1.44. The van der Waals surface area contributed by atoms with Crippen molar-refractivity contribution in [1.29, 1.82) is 0 Å². The van der Waals surface area contributed by atoms with Crippen molar-refractivity contribution in [3.8, 4) is 5.75 Å². The van der Waals surface area contributed by atoms with Gasteiger partial charge in [-0.2, -0.15) is 18.3 Å². The van der Waals surface area contributed by atoms with Crippen molar-refractivity contribution >= 4 is 6.21 Å². The number of benzene rings is 1. The normalized spacial score (nSPS) is 12.1. The van der Waals surface area contributed by atoms with Crippen LogP contribution in [-0.4, -0.2) is 13.3 Å². The molecule has 1 aromatic carbocycles. The van der Waals surface area contributed by atoms with Crippen LogP contribution >= 0.6 is 0 Å². The first-order chi connectivity index (χ1) is 7.40. The van der Waals surface area contributed by atoms with Gasteiger partial charge in [0.1, 0.15) is 5.75 Å². The molecule has 0 atom stereocenters. The molecular formula is C10H11F3N2O. The number of nitrogens with zero attached hydrogens (tertiary/aromatic N) is 1. The van der Waals surface area contributed by atoms with E-state index in [9.17, 15) is 13.2 Å². The predicted molar refractivity (Wildman–Crippen MR) is 54.5 cm³/mol. The second-order valence-corrected chi connectivity index (χ2v) is 3.19. The van der Waals surface area contributed by atoms with Crippen molar-refractivity contribution in [3.63, 3.8) is 0 Å². The summed E-state index contributed by atoms with van der Waals surface area (Å²) in [6.45, 7) is 1.53. The molecule has 0 amide bonds. The van der Waals surface area contributed by atoms with E-state index in [2.05, 4.69) is 5.10 Å². The highest BCUT2D eigenvalue weighted by Crippen LogP contribution is 2.38. The van der Waals surface area contributed by atoms with Crippen LogP contribution in [-0.2, 0) is 6.18 Å².